The number of ketones is 1. The number of amides is 2. The minimum absolute atomic E-state index is 0.242. The van der Waals surface area contributed by atoms with Gasteiger partial charge in [-0.05, 0) is 42.5 Å². The van der Waals surface area contributed by atoms with Gasteiger partial charge >= 0.3 is 6.09 Å². The monoisotopic (exact) mass is 610 g/mol. The molecule has 2 saturated heterocycles. The maximum atomic E-state index is 14.0. The number of aromatic nitrogens is 1. The molecule has 2 amide bonds. The van der Waals surface area contributed by atoms with E-state index in [1.54, 1.807) is 23.7 Å². The first-order chi connectivity index (χ1) is 20.3. The third-order valence-electron chi connectivity index (χ3n) is 8.62. The minimum Gasteiger partial charge on any atom is -0.409 e. The van der Waals surface area contributed by atoms with Crippen LogP contribution in [0.25, 0.3) is 10.1 Å². The Labute approximate surface area is 249 Å². The lowest BCUT2D eigenvalue weighted by Gasteiger charge is -2.31. The number of carbonyl (C=O) groups is 3. The summed E-state index contributed by atoms with van der Waals surface area (Å²) >= 11 is 1.47. The molecule has 42 heavy (non-hydrogen) atoms. The highest BCUT2D eigenvalue weighted by Gasteiger charge is 2.54. The second kappa shape index (κ2) is 12.1. The Bertz CT molecular complexity index is 1570. The summed E-state index contributed by atoms with van der Waals surface area (Å²) < 4.78 is 34.5. The van der Waals surface area contributed by atoms with E-state index in [9.17, 15) is 22.8 Å². The summed E-state index contributed by atoms with van der Waals surface area (Å²) in [6, 6.07) is 8.60. The standard InChI is InChI=1S/C30H34N4O6S2/c35-25-17-34(42(38,39)19-21-9-6-13-31-16-21)24-12-14-33(28(24)25)29(36)23(15-20-7-2-1-3-8-20)32-30(37)40-26-18-41-27-11-5-4-10-22(26)27/h4-6,9-11,13,16,18,20,23-24,28H,1-3,7-8,12,14-15,17,19H2,(H,32,37). The van der Waals surface area contributed by atoms with Gasteiger partial charge in [-0.25, -0.2) is 13.2 Å². The van der Waals surface area contributed by atoms with E-state index in [-0.39, 0.29) is 36.5 Å². The Morgan fingerprint density at radius 1 is 1.10 bits per heavy atom. The molecule has 10 nitrogen and oxygen atoms in total. The first-order valence-electron chi connectivity index (χ1n) is 14.5. The molecule has 0 radical (unpaired) electrons. The molecule has 1 aliphatic carbocycles. The number of rotatable bonds is 8. The molecule has 2 aromatic heterocycles. The number of ether oxygens (including phenoxy) is 1. The molecule has 222 valence electrons. The largest absolute Gasteiger partial charge is 0.413 e. The Kier molecular flexibility index (Phi) is 8.28. The van der Waals surface area contributed by atoms with Crippen LogP contribution in [0.2, 0.25) is 0 Å². The van der Waals surface area contributed by atoms with E-state index in [1.165, 1.54) is 26.7 Å². The predicted octanol–water partition coefficient (Wildman–Crippen LogP) is 4.11. The molecule has 0 spiro atoms. The van der Waals surface area contributed by atoms with Crippen LogP contribution in [-0.2, 0) is 25.4 Å². The molecule has 3 aliphatic rings. The zero-order valence-electron chi connectivity index (χ0n) is 23.2. The van der Waals surface area contributed by atoms with Crippen molar-refractivity contribution in [1.82, 2.24) is 19.5 Å². The van der Waals surface area contributed by atoms with Gasteiger partial charge in [-0.1, -0.05) is 50.3 Å². The van der Waals surface area contributed by atoms with Gasteiger partial charge in [-0.3, -0.25) is 14.6 Å². The van der Waals surface area contributed by atoms with Gasteiger partial charge < -0.3 is 15.0 Å². The maximum absolute atomic E-state index is 14.0. The average Bonchev–Trinajstić information content (AvgIpc) is 3.69. The van der Waals surface area contributed by atoms with E-state index in [0.29, 0.717) is 24.2 Å². The Balaban J connectivity index is 1.19. The number of hydrogen-bond acceptors (Lipinski definition) is 8. The van der Waals surface area contributed by atoms with Gasteiger partial charge in [0.2, 0.25) is 15.9 Å². The summed E-state index contributed by atoms with van der Waals surface area (Å²) in [7, 11) is -3.81. The summed E-state index contributed by atoms with van der Waals surface area (Å²) in [4.78, 5) is 45.9. The van der Waals surface area contributed by atoms with Crippen LogP contribution in [0.1, 0.15) is 50.5 Å². The van der Waals surface area contributed by atoms with Crippen LogP contribution in [0.4, 0.5) is 4.79 Å². The van der Waals surface area contributed by atoms with Crippen LogP contribution in [0.15, 0.2) is 54.2 Å². The third-order valence-corrected chi connectivity index (χ3v) is 11.4. The number of carbonyl (C=O) groups excluding carboxylic acids is 3. The van der Waals surface area contributed by atoms with Crippen LogP contribution in [0, 0.1) is 5.92 Å². The van der Waals surface area contributed by atoms with Crippen LogP contribution in [0.5, 0.6) is 5.75 Å². The summed E-state index contributed by atoms with van der Waals surface area (Å²) in [6.45, 7) is -0.0262. The number of benzene rings is 1. The number of sulfonamides is 1. The molecule has 3 aromatic rings. The van der Waals surface area contributed by atoms with E-state index in [4.69, 9.17) is 4.74 Å². The third kappa shape index (κ3) is 5.93. The predicted molar refractivity (Wildman–Crippen MR) is 158 cm³/mol. The molecule has 3 atom stereocenters. The first kappa shape index (κ1) is 28.8. The second-order valence-electron chi connectivity index (χ2n) is 11.4. The molecule has 1 saturated carbocycles. The van der Waals surface area contributed by atoms with Crippen LogP contribution >= 0.6 is 11.3 Å². The number of likely N-dealkylation sites (tertiary alicyclic amines) is 1. The normalized spacial score (nSPS) is 22.3. The molecule has 1 N–H and O–H groups in total. The molecular weight excluding hydrogens is 576 g/mol. The summed E-state index contributed by atoms with van der Waals surface area (Å²) in [5.41, 5.74) is 0.535. The van der Waals surface area contributed by atoms with Gasteiger partial charge in [0, 0.05) is 34.4 Å². The fourth-order valence-electron chi connectivity index (χ4n) is 6.64. The number of nitrogens with zero attached hydrogens (tertiary/aromatic N) is 3. The van der Waals surface area contributed by atoms with Crippen molar-refractivity contribution in [2.45, 2.75) is 68.8 Å². The van der Waals surface area contributed by atoms with Gasteiger partial charge in [-0.15, -0.1) is 11.3 Å². The molecule has 3 unspecified atom stereocenters. The number of Topliss-reactive ketones (excluding diaryl/α,β-unsaturated/α-hetero) is 1. The van der Waals surface area contributed by atoms with Crippen molar-refractivity contribution in [3.63, 3.8) is 0 Å². The number of nitrogens with one attached hydrogen (secondary N) is 1. The zero-order chi connectivity index (χ0) is 29.3. The summed E-state index contributed by atoms with van der Waals surface area (Å²) in [5.74, 6) is -0.229. The van der Waals surface area contributed by atoms with Crippen molar-refractivity contribution >= 4 is 49.2 Å². The fourth-order valence-corrected chi connectivity index (χ4v) is 9.22. The lowest BCUT2D eigenvalue weighted by atomic mass is 9.84. The lowest BCUT2D eigenvalue weighted by molar-refractivity contribution is -0.138. The van der Waals surface area contributed by atoms with Crippen molar-refractivity contribution in [3.8, 4) is 5.75 Å². The molecule has 12 heteroatoms. The van der Waals surface area contributed by atoms with Crippen molar-refractivity contribution in [2.75, 3.05) is 13.1 Å². The Hall–Kier alpha value is -3.35. The number of pyridine rings is 1. The molecule has 3 fully saturated rings. The number of fused-ring (bicyclic) bond motifs is 2. The van der Waals surface area contributed by atoms with E-state index in [1.807, 2.05) is 24.3 Å². The maximum Gasteiger partial charge on any atom is 0.413 e. The first-order valence-corrected chi connectivity index (χ1v) is 17.0. The van der Waals surface area contributed by atoms with Crippen LogP contribution in [0.3, 0.4) is 0 Å². The quantitative estimate of drug-likeness (QED) is 0.407. The SMILES string of the molecule is O=C(NC(CC1CCCCC1)C(=O)N1CCC2C1C(=O)CN2S(=O)(=O)Cc1cccnc1)Oc1csc2ccccc12. The van der Waals surface area contributed by atoms with E-state index in [0.717, 1.165) is 42.2 Å². The molecule has 2 aliphatic heterocycles. The fraction of sp³-hybridized carbons (Fsp3) is 0.467. The minimum atomic E-state index is -3.81. The van der Waals surface area contributed by atoms with Crippen molar-refractivity contribution in [1.29, 1.82) is 0 Å². The highest BCUT2D eigenvalue weighted by molar-refractivity contribution is 7.88. The van der Waals surface area contributed by atoms with Gasteiger partial charge in [0.25, 0.3) is 0 Å². The van der Waals surface area contributed by atoms with Crippen molar-refractivity contribution < 1.29 is 27.5 Å². The second-order valence-corrected chi connectivity index (χ2v) is 14.2. The summed E-state index contributed by atoms with van der Waals surface area (Å²) in [6.07, 6.45) is 8.41. The topological polar surface area (TPSA) is 126 Å². The molecule has 0 bridgehead atoms. The number of thiophene rings is 1. The molecular formula is C30H34N4O6S2. The van der Waals surface area contributed by atoms with Gasteiger partial charge in [0.1, 0.15) is 12.1 Å². The average molecular weight is 611 g/mol. The van der Waals surface area contributed by atoms with Crippen LogP contribution < -0.4 is 10.1 Å². The van der Waals surface area contributed by atoms with E-state index in [2.05, 4.69) is 10.3 Å². The van der Waals surface area contributed by atoms with Gasteiger partial charge in [0.05, 0.1) is 18.3 Å². The van der Waals surface area contributed by atoms with Gasteiger partial charge in [0.15, 0.2) is 11.5 Å². The van der Waals surface area contributed by atoms with Crippen molar-refractivity contribution in [2.24, 2.45) is 5.92 Å². The highest BCUT2D eigenvalue weighted by Crippen LogP contribution is 2.35. The molecule has 6 rings (SSSR count). The Morgan fingerprint density at radius 2 is 1.90 bits per heavy atom. The van der Waals surface area contributed by atoms with E-state index < -0.39 is 34.2 Å². The lowest BCUT2D eigenvalue weighted by Crippen LogP contribution is -2.53. The van der Waals surface area contributed by atoms with Crippen molar-refractivity contribution in [3.05, 3.63) is 59.7 Å². The van der Waals surface area contributed by atoms with E-state index >= 15 is 0 Å². The molecule has 4 heterocycles. The zero-order valence-corrected chi connectivity index (χ0v) is 24.8. The van der Waals surface area contributed by atoms with Gasteiger partial charge in [-0.2, -0.15) is 4.31 Å². The summed E-state index contributed by atoms with van der Waals surface area (Å²) in [5, 5.41) is 5.40. The highest BCUT2D eigenvalue weighted by atomic mass is 32.2. The smallest absolute Gasteiger partial charge is 0.409 e. The number of hydrogen-bond donors (Lipinski definition) is 1. The Morgan fingerprint density at radius 3 is 2.69 bits per heavy atom. The molecule has 1 aromatic carbocycles. The van der Waals surface area contributed by atoms with Crippen LogP contribution in [-0.4, -0.2) is 71.6 Å².